The number of nitrogens with two attached hydrogens (primary N) is 1. The van der Waals surface area contributed by atoms with E-state index in [1.807, 2.05) is 0 Å². The normalized spacial score (nSPS) is 16.6. The highest BCUT2D eigenvalue weighted by Gasteiger charge is 2.35. The van der Waals surface area contributed by atoms with Gasteiger partial charge in [-0.25, -0.2) is 0 Å². The molecule has 1 aromatic rings. The molecular formula is C11H10ClF3N2O. The van der Waals surface area contributed by atoms with E-state index in [9.17, 15) is 18.0 Å². The van der Waals surface area contributed by atoms with Crippen molar-refractivity contribution in [3.05, 3.63) is 34.3 Å². The first-order chi connectivity index (χ1) is 8.29. The van der Waals surface area contributed by atoms with Crippen molar-refractivity contribution in [3.63, 3.8) is 0 Å². The lowest BCUT2D eigenvalue weighted by molar-refractivity contribution is -0.137. The first kappa shape index (κ1) is 13.2. The molecule has 0 bridgehead atoms. The van der Waals surface area contributed by atoms with Crippen LogP contribution in [-0.4, -0.2) is 29.9 Å². The van der Waals surface area contributed by atoms with Gasteiger partial charge in [-0.15, -0.1) is 0 Å². The number of benzene rings is 1. The Bertz CT molecular complexity index is 484. The summed E-state index contributed by atoms with van der Waals surface area (Å²) < 4.78 is 37.9. The van der Waals surface area contributed by atoms with Crippen LogP contribution in [0.4, 0.5) is 13.2 Å². The molecule has 1 aliphatic heterocycles. The summed E-state index contributed by atoms with van der Waals surface area (Å²) in [6.45, 7) is 0.728. The molecule has 7 heteroatoms. The van der Waals surface area contributed by atoms with Crippen molar-refractivity contribution < 1.29 is 18.0 Å². The fraction of sp³-hybridized carbons (Fsp3) is 0.364. The SMILES string of the molecule is NC1CN(C(=O)c2ccc(Cl)c(C(F)(F)F)c2)C1. The van der Waals surface area contributed by atoms with Gasteiger partial charge in [-0.3, -0.25) is 4.79 Å². The maximum atomic E-state index is 12.6. The van der Waals surface area contributed by atoms with E-state index in [1.165, 1.54) is 11.0 Å². The van der Waals surface area contributed by atoms with E-state index in [4.69, 9.17) is 17.3 Å². The van der Waals surface area contributed by atoms with Gasteiger partial charge >= 0.3 is 6.18 Å². The molecule has 0 spiro atoms. The zero-order valence-electron chi connectivity index (χ0n) is 9.17. The Morgan fingerprint density at radius 1 is 1.39 bits per heavy atom. The molecule has 3 nitrogen and oxygen atoms in total. The molecule has 1 aromatic carbocycles. The Hall–Kier alpha value is -1.27. The van der Waals surface area contributed by atoms with E-state index in [1.54, 1.807) is 0 Å². The van der Waals surface area contributed by atoms with Crippen LogP contribution < -0.4 is 5.73 Å². The lowest BCUT2D eigenvalue weighted by atomic mass is 10.1. The summed E-state index contributed by atoms with van der Waals surface area (Å²) in [7, 11) is 0. The van der Waals surface area contributed by atoms with Crippen LogP contribution >= 0.6 is 11.6 Å². The maximum Gasteiger partial charge on any atom is 0.417 e. The van der Waals surface area contributed by atoms with Crippen LogP contribution in [0, 0.1) is 0 Å². The summed E-state index contributed by atoms with van der Waals surface area (Å²) in [6, 6.07) is 3.04. The lowest BCUT2D eigenvalue weighted by Crippen LogP contribution is -2.57. The second-order valence-electron chi connectivity index (χ2n) is 4.16. The number of likely N-dealkylation sites (tertiary alicyclic amines) is 1. The van der Waals surface area contributed by atoms with E-state index in [-0.39, 0.29) is 11.6 Å². The number of hydrogen-bond donors (Lipinski definition) is 1. The number of alkyl halides is 3. The van der Waals surface area contributed by atoms with Gasteiger partial charge in [0.15, 0.2) is 0 Å². The number of hydrogen-bond acceptors (Lipinski definition) is 2. The molecule has 1 heterocycles. The zero-order chi connectivity index (χ0) is 13.5. The van der Waals surface area contributed by atoms with Gasteiger partial charge in [0.05, 0.1) is 10.6 Å². The molecule has 0 unspecified atom stereocenters. The number of rotatable bonds is 1. The van der Waals surface area contributed by atoms with Crippen molar-refractivity contribution in [2.75, 3.05) is 13.1 Å². The summed E-state index contributed by atoms with van der Waals surface area (Å²) in [5.74, 6) is -0.459. The molecule has 1 amide bonds. The molecule has 2 rings (SSSR count). The highest BCUT2D eigenvalue weighted by molar-refractivity contribution is 6.31. The Balaban J connectivity index is 2.27. The number of carbonyl (C=O) groups excluding carboxylic acids is 1. The van der Waals surface area contributed by atoms with E-state index < -0.39 is 22.7 Å². The largest absolute Gasteiger partial charge is 0.417 e. The molecule has 2 N–H and O–H groups in total. The topological polar surface area (TPSA) is 46.3 Å². The third kappa shape index (κ3) is 2.44. The fourth-order valence-electron chi connectivity index (χ4n) is 1.74. The van der Waals surface area contributed by atoms with Crippen LogP contribution in [0.2, 0.25) is 5.02 Å². The van der Waals surface area contributed by atoms with Gasteiger partial charge in [0, 0.05) is 24.7 Å². The predicted molar refractivity (Wildman–Crippen MR) is 60.3 cm³/mol. The molecule has 1 fully saturated rings. The highest BCUT2D eigenvalue weighted by atomic mass is 35.5. The smallest absolute Gasteiger partial charge is 0.335 e. The Morgan fingerprint density at radius 3 is 2.50 bits per heavy atom. The van der Waals surface area contributed by atoms with Crippen molar-refractivity contribution in [3.8, 4) is 0 Å². The van der Waals surface area contributed by atoms with Crippen LogP contribution in [0.25, 0.3) is 0 Å². The Labute approximate surface area is 106 Å². The molecule has 98 valence electrons. The number of nitrogens with zero attached hydrogens (tertiary/aromatic N) is 1. The van der Waals surface area contributed by atoms with Gasteiger partial charge in [0.1, 0.15) is 0 Å². The van der Waals surface area contributed by atoms with Crippen molar-refractivity contribution >= 4 is 17.5 Å². The summed E-state index contributed by atoms with van der Waals surface area (Å²) >= 11 is 5.47. The van der Waals surface area contributed by atoms with E-state index >= 15 is 0 Å². The molecule has 0 aromatic heterocycles. The molecule has 1 saturated heterocycles. The second kappa shape index (κ2) is 4.44. The minimum Gasteiger partial charge on any atom is -0.335 e. The highest BCUT2D eigenvalue weighted by Crippen LogP contribution is 2.35. The average Bonchev–Trinajstić information content (AvgIpc) is 2.23. The quantitative estimate of drug-likeness (QED) is 0.855. The van der Waals surface area contributed by atoms with Crippen LogP contribution in [0.15, 0.2) is 18.2 Å². The van der Waals surface area contributed by atoms with Crippen molar-refractivity contribution in [2.45, 2.75) is 12.2 Å². The predicted octanol–water partition coefficient (Wildman–Crippen LogP) is 2.14. The standard InChI is InChI=1S/C11H10ClF3N2O/c12-9-2-1-6(3-8(9)11(13,14)15)10(18)17-4-7(16)5-17/h1-3,7H,4-5,16H2. The summed E-state index contributed by atoms with van der Waals surface area (Å²) in [5, 5.41) is -0.417. The molecular weight excluding hydrogens is 269 g/mol. The van der Waals surface area contributed by atoms with E-state index in [0.717, 1.165) is 12.1 Å². The molecule has 1 aliphatic rings. The van der Waals surface area contributed by atoms with E-state index in [2.05, 4.69) is 0 Å². The molecule has 0 saturated carbocycles. The lowest BCUT2D eigenvalue weighted by Gasteiger charge is -2.36. The number of carbonyl (C=O) groups is 1. The van der Waals surface area contributed by atoms with Crippen LogP contribution in [0.1, 0.15) is 15.9 Å². The van der Waals surface area contributed by atoms with E-state index in [0.29, 0.717) is 13.1 Å². The van der Waals surface area contributed by atoms with Crippen LogP contribution in [-0.2, 0) is 6.18 Å². The Kier molecular flexibility index (Phi) is 3.25. The average molecular weight is 279 g/mol. The van der Waals surface area contributed by atoms with Gasteiger partial charge in [0.25, 0.3) is 5.91 Å². The van der Waals surface area contributed by atoms with Gasteiger partial charge < -0.3 is 10.6 Å². The maximum absolute atomic E-state index is 12.6. The summed E-state index contributed by atoms with van der Waals surface area (Å²) in [6.07, 6.45) is -4.57. The summed E-state index contributed by atoms with van der Waals surface area (Å²) in [4.78, 5) is 13.2. The van der Waals surface area contributed by atoms with Crippen LogP contribution in [0.3, 0.4) is 0 Å². The second-order valence-corrected chi connectivity index (χ2v) is 4.57. The minimum atomic E-state index is -4.57. The fourth-order valence-corrected chi connectivity index (χ4v) is 1.96. The van der Waals surface area contributed by atoms with Crippen molar-refractivity contribution in [1.29, 1.82) is 0 Å². The first-order valence-electron chi connectivity index (χ1n) is 5.20. The van der Waals surface area contributed by atoms with Gasteiger partial charge in [-0.1, -0.05) is 11.6 Å². The third-order valence-electron chi connectivity index (χ3n) is 2.72. The molecule has 18 heavy (non-hydrogen) atoms. The summed E-state index contributed by atoms with van der Waals surface area (Å²) in [5.41, 5.74) is 4.48. The third-order valence-corrected chi connectivity index (χ3v) is 3.05. The van der Waals surface area contributed by atoms with Gasteiger partial charge in [0.2, 0.25) is 0 Å². The molecule has 0 atom stereocenters. The molecule has 0 radical (unpaired) electrons. The van der Waals surface area contributed by atoms with Crippen molar-refractivity contribution in [1.82, 2.24) is 4.90 Å². The Morgan fingerprint density at radius 2 is 2.00 bits per heavy atom. The number of amides is 1. The van der Waals surface area contributed by atoms with Gasteiger partial charge in [-0.05, 0) is 18.2 Å². The monoisotopic (exact) mass is 278 g/mol. The van der Waals surface area contributed by atoms with Crippen molar-refractivity contribution in [2.24, 2.45) is 5.73 Å². The van der Waals surface area contributed by atoms with Crippen LogP contribution in [0.5, 0.6) is 0 Å². The minimum absolute atomic E-state index is 0.0291. The number of halogens is 4. The zero-order valence-corrected chi connectivity index (χ0v) is 9.92. The molecule has 0 aliphatic carbocycles. The first-order valence-corrected chi connectivity index (χ1v) is 5.58. The van der Waals surface area contributed by atoms with Gasteiger partial charge in [-0.2, -0.15) is 13.2 Å².